The molecule has 0 bridgehead atoms. The Hall–Kier alpha value is -3.04. The van der Waals surface area contributed by atoms with Crippen molar-refractivity contribution in [2.24, 2.45) is 0 Å². The van der Waals surface area contributed by atoms with Gasteiger partial charge in [-0.05, 0) is 42.9 Å². The van der Waals surface area contributed by atoms with Crippen LogP contribution in [0.15, 0.2) is 42.5 Å². The fourth-order valence-electron chi connectivity index (χ4n) is 2.96. The van der Waals surface area contributed by atoms with E-state index in [2.05, 4.69) is 10.6 Å². The monoisotopic (exact) mass is 400 g/mol. The highest BCUT2D eigenvalue weighted by Gasteiger charge is 2.22. The Labute approximate surface area is 167 Å². The summed E-state index contributed by atoms with van der Waals surface area (Å²) in [5.41, 5.74) is 2.46. The van der Waals surface area contributed by atoms with E-state index in [1.807, 2.05) is 36.1 Å². The SMILES string of the molecule is Cc1cccc(NC(=S)NC(=O)c2cc([N+](=O)[O-])ccc2N2CCOCC2)c1. The highest BCUT2D eigenvalue weighted by molar-refractivity contribution is 7.80. The number of rotatable bonds is 4. The van der Waals surface area contributed by atoms with E-state index in [9.17, 15) is 14.9 Å². The van der Waals surface area contributed by atoms with Crippen molar-refractivity contribution in [1.29, 1.82) is 0 Å². The summed E-state index contributed by atoms with van der Waals surface area (Å²) in [6.45, 7) is 4.22. The molecule has 3 rings (SSSR count). The van der Waals surface area contributed by atoms with E-state index in [0.717, 1.165) is 11.3 Å². The molecule has 1 saturated heterocycles. The zero-order valence-corrected chi connectivity index (χ0v) is 16.1. The topological polar surface area (TPSA) is 96.7 Å². The molecule has 1 heterocycles. The maximum Gasteiger partial charge on any atom is 0.270 e. The summed E-state index contributed by atoms with van der Waals surface area (Å²) in [6.07, 6.45) is 0. The summed E-state index contributed by atoms with van der Waals surface area (Å²) in [5, 5.41) is 16.8. The zero-order valence-electron chi connectivity index (χ0n) is 15.3. The Bertz CT molecular complexity index is 913. The number of ether oxygens (including phenoxy) is 1. The molecule has 1 amide bonds. The van der Waals surface area contributed by atoms with Gasteiger partial charge in [-0.25, -0.2) is 0 Å². The van der Waals surface area contributed by atoms with Crippen molar-refractivity contribution in [3.05, 3.63) is 63.7 Å². The molecule has 0 spiro atoms. The van der Waals surface area contributed by atoms with Gasteiger partial charge in [0.05, 0.1) is 29.4 Å². The molecular weight excluding hydrogens is 380 g/mol. The number of nitro groups is 1. The number of anilines is 2. The molecule has 28 heavy (non-hydrogen) atoms. The summed E-state index contributed by atoms with van der Waals surface area (Å²) in [4.78, 5) is 25.4. The van der Waals surface area contributed by atoms with Crippen LogP contribution in [-0.4, -0.2) is 42.2 Å². The maximum absolute atomic E-state index is 12.8. The standard InChI is InChI=1S/C19H20N4O4S/c1-13-3-2-4-14(11-13)20-19(28)21-18(24)16-12-15(23(25)26)5-6-17(16)22-7-9-27-10-8-22/h2-6,11-12H,7-10H2,1H3,(H2,20,21,24,28). The van der Waals surface area contributed by atoms with Crippen LogP contribution >= 0.6 is 12.2 Å². The minimum atomic E-state index is -0.525. The van der Waals surface area contributed by atoms with Crippen LogP contribution in [0.1, 0.15) is 15.9 Å². The lowest BCUT2D eigenvalue weighted by molar-refractivity contribution is -0.384. The lowest BCUT2D eigenvalue weighted by Crippen LogP contribution is -2.39. The van der Waals surface area contributed by atoms with Gasteiger partial charge in [0.15, 0.2) is 5.11 Å². The minimum absolute atomic E-state index is 0.120. The largest absolute Gasteiger partial charge is 0.378 e. The van der Waals surface area contributed by atoms with Gasteiger partial charge in [0.25, 0.3) is 11.6 Å². The molecular formula is C19H20N4O4S. The first-order valence-electron chi connectivity index (χ1n) is 8.74. The Morgan fingerprint density at radius 3 is 2.64 bits per heavy atom. The number of carbonyl (C=O) groups excluding carboxylic acids is 1. The normalized spacial score (nSPS) is 13.7. The number of benzene rings is 2. The van der Waals surface area contributed by atoms with Gasteiger partial charge >= 0.3 is 0 Å². The maximum atomic E-state index is 12.8. The summed E-state index contributed by atoms with van der Waals surface area (Å²) in [6, 6.07) is 11.8. The molecule has 9 heteroatoms. The van der Waals surface area contributed by atoms with Gasteiger partial charge in [0.1, 0.15) is 0 Å². The van der Waals surface area contributed by atoms with Gasteiger partial charge in [-0.15, -0.1) is 0 Å². The predicted octanol–water partition coefficient (Wildman–Crippen LogP) is 2.87. The summed E-state index contributed by atoms with van der Waals surface area (Å²) >= 11 is 5.23. The van der Waals surface area contributed by atoms with Crippen molar-refractivity contribution < 1.29 is 14.5 Å². The number of carbonyl (C=O) groups is 1. The lowest BCUT2D eigenvalue weighted by Gasteiger charge is -2.30. The van der Waals surface area contributed by atoms with Crippen molar-refractivity contribution in [3.8, 4) is 0 Å². The van der Waals surface area contributed by atoms with Crippen LogP contribution < -0.4 is 15.5 Å². The first kappa shape index (κ1) is 19.7. The third kappa shape index (κ3) is 4.81. The summed E-state index contributed by atoms with van der Waals surface area (Å²) < 4.78 is 5.34. The van der Waals surface area contributed by atoms with E-state index >= 15 is 0 Å². The van der Waals surface area contributed by atoms with E-state index < -0.39 is 10.8 Å². The molecule has 0 radical (unpaired) electrons. The highest BCUT2D eigenvalue weighted by Crippen LogP contribution is 2.26. The molecule has 1 fully saturated rings. The quantitative estimate of drug-likeness (QED) is 0.463. The molecule has 1 aliphatic rings. The number of non-ortho nitro benzene ring substituents is 1. The predicted molar refractivity (Wildman–Crippen MR) is 111 cm³/mol. The number of hydrogen-bond acceptors (Lipinski definition) is 6. The summed E-state index contributed by atoms with van der Waals surface area (Å²) in [5.74, 6) is -0.504. The average molecular weight is 400 g/mol. The van der Waals surface area contributed by atoms with Crippen LogP contribution in [-0.2, 0) is 4.74 Å². The van der Waals surface area contributed by atoms with E-state index in [4.69, 9.17) is 17.0 Å². The first-order valence-corrected chi connectivity index (χ1v) is 9.15. The van der Waals surface area contributed by atoms with E-state index in [0.29, 0.717) is 32.0 Å². The van der Waals surface area contributed by atoms with Crippen molar-refractivity contribution >= 4 is 40.3 Å². The number of hydrogen-bond donors (Lipinski definition) is 2. The number of amides is 1. The number of aryl methyl sites for hydroxylation is 1. The smallest absolute Gasteiger partial charge is 0.270 e. The Morgan fingerprint density at radius 2 is 1.96 bits per heavy atom. The first-order chi connectivity index (χ1) is 13.4. The van der Waals surface area contributed by atoms with Crippen molar-refractivity contribution in [3.63, 3.8) is 0 Å². The van der Waals surface area contributed by atoms with Gasteiger partial charge in [-0.3, -0.25) is 20.2 Å². The summed E-state index contributed by atoms with van der Waals surface area (Å²) in [7, 11) is 0. The van der Waals surface area contributed by atoms with Gasteiger partial charge < -0.3 is 15.0 Å². The Kier molecular flexibility index (Phi) is 6.17. The van der Waals surface area contributed by atoms with Crippen LogP contribution in [0.3, 0.4) is 0 Å². The second-order valence-corrected chi connectivity index (χ2v) is 6.74. The van der Waals surface area contributed by atoms with E-state index in [1.54, 1.807) is 6.07 Å². The Morgan fingerprint density at radius 1 is 1.21 bits per heavy atom. The van der Waals surface area contributed by atoms with Crippen LogP contribution in [0.5, 0.6) is 0 Å². The number of thiocarbonyl (C=S) groups is 1. The highest BCUT2D eigenvalue weighted by atomic mass is 32.1. The van der Waals surface area contributed by atoms with Crippen molar-refractivity contribution in [1.82, 2.24) is 5.32 Å². The third-order valence-corrected chi connectivity index (χ3v) is 4.49. The van der Waals surface area contributed by atoms with Gasteiger partial charge in [0.2, 0.25) is 0 Å². The minimum Gasteiger partial charge on any atom is -0.378 e. The van der Waals surface area contributed by atoms with Crippen LogP contribution in [0, 0.1) is 17.0 Å². The van der Waals surface area contributed by atoms with Gasteiger partial charge in [-0.2, -0.15) is 0 Å². The molecule has 2 aromatic carbocycles. The van der Waals surface area contributed by atoms with E-state index in [-0.39, 0.29) is 16.4 Å². The third-order valence-electron chi connectivity index (χ3n) is 4.29. The van der Waals surface area contributed by atoms with Crippen LogP contribution in [0.25, 0.3) is 0 Å². The molecule has 1 aliphatic heterocycles. The van der Waals surface area contributed by atoms with Crippen LogP contribution in [0.4, 0.5) is 17.1 Å². The van der Waals surface area contributed by atoms with Crippen LogP contribution in [0.2, 0.25) is 0 Å². The molecule has 0 atom stereocenters. The van der Waals surface area contributed by atoms with Crippen molar-refractivity contribution in [2.45, 2.75) is 6.92 Å². The van der Waals surface area contributed by atoms with Gasteiger partial charge in [-0.1, -0.05) is 12.1 Å². The Balaban J connectivity index is 1.81. The molecule has 0 unspecified atom stereocenters. The fourth-order valence-corrected chi connectivity index (χ4v) is 3.17. The lowest BCUT2D eigenvalue weighted by atomic mass is 10.1. The molecule has 0 aliphatic carbocycles. The zero-order chi connectivity index (χ0) is 20.1. The molecule has 0 saturated carbocycles. The molecule has 2 aromatic rings. The van der Waals surface area contributed by atoms with E-state index in [1.165, 1.54) is 12.1 Å². The fraction of sp³-hybridized carbons (Fsp3) is 0.263. The molecule has 0 aromatic heterocycles. The molecule has 8 nitrogen and oxygen atoms in total. The second-order valence-electron chi connectivity index (χ2n) is 6.34. The second kappa shape index (κ2) is 8.77. The number of nitrogens with zero attached hydrogens (tertiary/aromatic N) is 2. The van der Waals surface area contributed by atoms with Gasteiger partial charge in [0, 0.05) is 30.9 Å². The number of morpholine rings is 1. The number of nitro benzene ring substituents is 1. The van der Waals surface area contributed by atoms with Crippen molar-refractivity contribution in [2.75, 3.05) is 36.5 Å². The molecule has 2 N–H and O–H groups in total. The number of nitrogens with one attached hydrogen (secondary N) is 2. The molecule has 146 valence electrons. The average Bonchev–Trinajstić information content (AvgIpc) is 2.68.